The number of nitrogen functional groups attached to an aromatic ring is 1. The quantitative estimate of drug-likeness (QED) is 0.714. The Labute approximate surface area is 92.8 Å². The highest BCUT2D eigenvalue weighted by Gasteiger charge is 2.27. The van der Waals surface area contributed by atoms with Crippen LogP contribution in [0.15, 0.2) is 10.7 Å². The second-order valence-corrected chi connectivity index (χ2v) is 3.62. The smallest absolute Gasteiger partial charge is 0.287 e. The van der Waals surface area contributed by atoms with Crippen molar-refractivity contribution in [3.05, 3.63) is 10.7 Å². The van der Waals surface area contributed by atoms with Crippen molar-refractivity contribution in [2.24, 2.45) is 0 Å². The van der Waals surface area contributed by atoms with E-state index in [9.17, 15) is 8.78 Å². The predicted octanol–water partition coefficient (Wildman–Crippen LogP) is 0.861. The molecule has 0 amide bonds. The Balaban J connectivity index is 2.65. The number of hydrogen-bond donors (Lipinski definition) is 3. The Morgan fingerprint density at radius 2 is 2.20 bits per heavy atom. The van der Waals surface area contributed by atoms with Gasteiger partial charge in [0.1, 0.15) is 17.0 Å². The summed E-state index contributed by atoms with van der Waals surface area (Å²) in [6.07, 6.45) is 0. The molecule has 0 fully saturated rings. The fraction of sp³-hybridized carbons (Fsp3) is 0.429. The van der Waals surface area contributed by atoms with Crippen LogP contribution in [0.5, 0.6) is 0 Å². The molecule has 1 rings (SSSR count). The molecule has 0 spiro atoms. The van der Waals surface area contributed by atoms with Crippen molar-refractivity contribution in [1.82, 2.24) is 9.97 Å². The van der Waals surface area contributed by atoms with Crippen LogP contribution in [-0.4, -0.2) is 34.1 Å². The number of anilines is 2. The maximum absolute atomic E-state index is 12.6. The van der Waals surface area contributed by atoms with Gasteiger partial charge in [0.05, 0.1) is 6.54 Å². The lowest BCUT2D eigenvalue weighted by Crippen LogP contribution is -2.31. The van der Waals surface area contributed by atoms with Crippen molar-refractivity contribution in [2.45, 2.75) is 5.92 Å². The molecule has 1 aromatic heterocycles. The van der Waals surface area contributed by atoms with Gasteiger partial charge in [0.25, 0.3) is 5.92 Å². The number of aliphatic hydroxyl groups excluding tert-OH is 1. The van der Waals surface area contributed by atoms with E-state index in [2.05, 4.69) is 31.2 Å². The second kappa shape index (κ2) is 4.67. The van der Waals surface area contributed by atoms with E-state index in [0.717, 1.165) is 0 Å². The molecule has 8 heteroatoms. The molecule has 0 aliphatic rings. The van der Waals surface area contributed by atoms with E-state index >= 15 is 0 Å². The topological polar surface area (TPSA) is 84.1 Å². The van der Waals surface area contributed by atoms with Gasteiger partial charge in [0.2, 0.25) is 5.95 Å². The van der Waals surface area contributed by atoms with Gasteiger partial charge < -0.3 is 16.2 Å². The molecule has 0 bridgehead atoms. The lowest BCUT2D eigenvalue weighted by Gasteiger charge is -2.13. The number of nitrogens with one attached hydrogen (secondary N) is 1. The molecule has 0 atom stereocenters. The number of hydrogen-bond acceptors (Lipinski definition) is 5. The Morgan fingerprint density at radius 1 is 1.53 bits per heavy atom. The first-order valence-electron chi connectivity index (χ1n) is 3.95. The third-order valence-corrected chi connectivity index (χ3v) is 1.86. The van der Waals surface area contributed by atoms with Gasteiger partial charge in [-0.3, -0.25) is 0 Å². The number of nitrogens with zero attached hydrogens (tertiary/aromatic N) is 2. The first-order valence-corrected chi connectivity index (χ1v) is 4.75. The lowest BCUT2D eigenvalue weighted by molar-refractivity contribution is -0.0374. The molecule has 0 unspecified atom stereocenters. The van der Waals surface area contributed by atoms with Crippen molar-refractivity contribution in [3.63, 3.8) is 0 Å². The van der Waals surface area contributed by atoms with Gasteiger partial charge in [0, 0.05) is 6.07 Å². The molecular weight excluding hydrogens is 274 g/mol. The minimum Gasteiger partial charge on any atom is -0.390 e. The van der Waals surface area contributed by atoms with Crippen LogP contribution in [0.25, 0.3) is 0 Å². The molecule has 0 radical (unpaired) electrons. The molecule has 0 aliphatic carbocycles. The van der Waals surface area contributed by atoms with Gasteiger partial charge in [-0.05, 0) is 15.9 Å². The first-order chi connectivity index (χ1) is 6.93. The number of nitrogens with two attached hydrogens (primary N) is 1. The van der Waals surface area contributed by atoms with Crippen LogP contribution in [0, 0.1) is 0 Å². The largest absolute Gasteiger partial charge is 0.390 e. The zero-order valence-corrected chi connectivity index (χ0v) is 9.13. The van der Waals surface area contributed by atoms with Crippen LogP contribution in [0.2, 0.25) is 0 Å². The molecule has 15 heavy (non-hydrogen) atoms. The molecule has 1 heterocycles. The van der Waals surface area contributed by atoms with E-state index in [-0.39, 0.29) is 11.8 Å². The van der Waals surface area contributed by atoms with Gasteiger partial charge in [-0.2, -0.15) is 4.98 Å². The minimum absolute atomic E-state index is 0.0185. The van der Waals surface area contributed by atoms with E-state index in [0.29, 0.717) is 4.60 Å². The summed E-state index contributed by atoms with van der Waals surface area (Å²) in [5.74, 6) is -3.07. The number of aliphatic hydroxyl groups is 1. The van der Waals surface area contributed by atoms with Crippen LogP contribution >= 0.6 is 15.9 Å². The van der Waals surface area contributed by atoms with E-state index < -0.39 is 19.1 Å². The Kier molecular flexibility index (Phi) is 3.75. The molecule has 0 saturated heterocycles. The van der Waals surface area contributed by atoms with Crippen LogP contribution in [-0.2, 0) is 0 Å². The average Bonchev–Trinajstić information content (AvgIpc) is 2.14. The van der Waals surface area contributed by atoms with Crippen LogP contribution < -0.4 is 11.1 Å². The molecular formula is C7H9BrF2N4O. The van der Waals surface area contributed by atoms with E-state index in [1.807, 2.05) is 0 Å². The molecule has 5 nitrogen and oxygen atoms in total. The molecule has 0 aliphatic heterocycles. The van der Waals surface area contributed by atoms with E-state index in [1.54, 1.807) is 0 Å². The Morgan fingerprint density at radius 3 is 2.73 bits per heavy atom. The van der Waals surface area contributed by atoms with E-state index in [4.69, 9.17) is 10.8 Å². The fourth-order valence-corrected chi connectivity index (χ4v) is 1.18. The first kappa shape index (κ1) is 12.1. The highest BCUT2D eigenvalue weighted by atomic mass is 79.9. The maximum Gasteiger partial charge on any atom is 0.287 e. The summed E-state index contributed by atoms with van der Waals surface area (Å²) in [5.41, 5.74) is 5.37. The second-order valence-electron chi connectivity index (χ2n) is 2.81. The maximum atomic E-state index is 12.6. The van der Waals surface area contributed by atoms with Gasteiger partial charge in [-0.1, -0.05) is 0 Å². The SMILES string of the molecule is Nc1cc(Br)nc(NCC(F)(F)CO)n1. The summed E-state index contributed by atoms with van der Waals surface area (Å²) < 4.78 is 25.7. The summed E-state index contributed by atoms with van der Waals surface area (Å²) in [7, 11) is 0. The summed E-state index contributed by atoms with van der Waals surface area (Å²) in [6, 6.07) is 1.44. The molecule has 84 valence electrons. The fourth-order valence-electron chi connectivity index (χ4n) is 0.778. The summed E-state index contributed by atoms with van der Waals surface area (Å²) in [4.78, 5) is 7.45. The van der Waals surface area contributed by atoms with Crippen LogP contribution in [0.3, 0.4) is 0 Å². The highest BCUT2D eigenvalue weighted by molar-refractivity contribution is 9.10. The van der Waals surface area contributed by atoms with Gasteiger partial charge in [-0.25, -0.2) is 13.8 Å². The monoisotopic (exact) mass is 282 g/mol. The van der Waals surface area contributed by atoms with Crippen molar-refractivity contribution >= 4 is 27.7 Å². The molecule has 0 aromatic carbocycles. The lowest BCUT2D eigenvalue weighted by atomic mass is 10.3. The van der Waals surface area contributed by atoms with Crippen molar-refractivity contribution < 1.29 is 13.9 Å². The zero-order valence-electron chi connectivity index (χ0n) is 7.54. The molecule has 4 N–H and O–H groups in total. The van der Waals surface area contributed by atoms with Gasteiger partial charge in [0.15, 0.2) is 0 Å². The third-order valence-electron chi connectivity index (χ3n) is 1.45. The summed E-state index contributed by atoms with van der Waals surface area (Å²) in [6.45, 7) is -1.98. The van der Waals surface area contributed by atoms with Crippen LogP contribution in [0.4, 0.5) is 20.5 Å². The molecule has 1 aromatic rings. The number of rotatable bonds is 4. The predicted molar refractivity (Wildman–Crippen MR) is 54.7 cm³/mol. The van der Waals surface area contributed by atoms with Crippen LogP contribution in [0.1, 0.15) is 0 Å². The number of halogens is 3. The van der Waals surface area contributed by atoms with Crippen molar-refractivity contribution in [1.29, 1.82) is 0 Å². The Bertz CT molecular complexity index is 330. The summed E-state index contributed by atoms with van der Waals surface area (Å²) >= 11 is 3.04. The zero-order chi connectivity index (χ0) is 11.5. The normalized spacial score (nSPS) is 11.5. The molecule has 0 saturated carbocycles. The minimum atomic E-state index is -3.21. The summed E-state index contributed by atoms with van der Waals surface area (Å²) in [5, 5.41) is 10.6. The number of aromatic nitrogens is 2. The standard InChI is InChI=1S/C7H9BrF2N4O/c8-4-1-5(11)14-6(13-4)12-2-7(9,10)3-15/h1,15H,2-3H2,(H3,11,12,13,14). The van der Waals surface area contributed by atoms with E-state index in [1.165, 1.54) is 6.07 Å². The van der Waals surface area contributed by atoms with Crippen molar-refractivity contribution in [2.75, 3.05) is 24.2 Å². The average molecular weight is 283 g/mol. The Hall–Kier alpha value is -1.02. The highest BCUT2D eigenvalue weighted by Crippen LogP contribution is 2.15. The van der Waals surface area contributed by atoms with Gasteiger partial charge in [-0.15, -0.1) is 0 Å². The third kappa shape index (κ3) is 3.92. The van der Waals surface area contributed by atoms with Gasteiger partial charge >= 0.3 is 0 Å². The van der Waals surface area contributed by atoms with Crippen molar-refractivity contribution in [3.8, 4) is 0 Å². The number of alkyl halides is 2.